The molecule has 0 fully saturated rings. The Morgan fingerprint density at radius 1 is 0.818 bits per heavy atom. The maximum Gasteiger partial charge on any atom is 0.231 e. The molecule has 0 unspecified atom stereocenters. The first-order valence-corrected chi connectivity index (χ1v) is 14.6. The number of rotatable bonds is 8. The summed E-state index contributed by atoms with van der Waals surface area (Å²) in [6.45, 7) is 2.18. The monoisotopic (exact) mass is 651 g/mol. The van der Waals surface area contributed by atoms with Crippen molar-refractivity contribution >= 4 is 21.7 Å². The Morgan fingerprint density at radius 2 is 1.64 bits per heavy atom. The third-order valence-electron chi connectivity index (χ3n) is 8.16. The van der Waals surface area contributed by atoms with Gasteiger partial charge in [0.25, 0.3) is 0 Å². The standard InChI is InChI=1S/C36H30NO6.BrH/c1-38-32-12-9-24-17-30-28-20-35-34(41-22-42-35)18-25(28)13-14-37(30)21-29(24)36(32)40-16-4-15-39-27-10-7-23(8-11-27)33-19-26-5-2-3-6-31(26)43-33;/h2-3,5-12,17-21H,4,13-16,22H2,1H3;1H/q+1;/p-1. The summed E-state index contributed by atoms with van der Waals surface area (Å²) in [6, 6.07) is 28.6. The second-order valence-corrected chi connectivity index (χ2v) is 10.8. The summed E-state index contributed by atoms with van der Waals surface area (Å²) in [6.07, 6.45) is 3.82. The fourth-order valence-corrected chi connectivity index (χ4v) is 5.97. The molecule has 8 heteroatoms. The molecule has 0 amide bonds. The molecule has 0 saturated carbocycles. The van der Waals surface area contributed by atoms with Crippen LogP contribution in [0.15, 0.2) is 95.5 Å². The normalized spacial score (nSPS) is 12.8. The molecule has 6 aromatic rings. The summed E-state index contributed by atoms with van der Waals surface area (Å²) in [4.78, 5) is 0. The van der Waals surface area contributed by atoms with Crippen LogP contribution in [-0.4, -0.2) is 27.1 Å². The van der Waals surface area contributed by atoms with Gasteiger partial charge in [-0.25, -0.2) is 0 Å². The highest BCUT2D eigenvalue weighted by atomic mass is 79.9. The molecular weight excluding hydrogens is 622 g/mol. The van der Waals surface area contributed by atoms with E-state index >= 15 is 0 Å². The fraction of sp³-hybridized carbons (Fsp3) is 0.194. The Labute approximate surface area is 265 Å². The summed E-state index contributed by atoms with van der Waals surface area (Å²) in [7, 11) is 1.68. The topological polar surface area (TPSA) is 63.2 Å². The van der Waals surface area contributed by atoms with Crippen molar-refractivity contribution in [3.63, 3.8) is 0 Å². The summed E-state index contributed by atoms with van der Waals surface area (Å²) in [5, 5.41) is 3.21. The van der Waals surface area contributed by atoms with Gasteiger partial charge in [0.15, 0.2) is 35.7 Å². The average molecular weight is 653 g/mol. The molecule has 2 aliphatic heterocycles. The van der Waals surface area contributed by atoms with Crippen LogP contribution in [0.2, 0.25) is 0 Å². The van der Waals surface area contributed by atoms with Crippen molar-refractivity contribution in [2.75, 3.05) is 27.1 Å². The average Bonchev–Trinajstić information content (AvgIpc) is 3.70. The number of pyridine rings is 1. The molecule has 0 saturated heterocycles. The number of aryl methyl sites for hydroxylation is 2. The van der Waals surface area contributed by atoms with Crippen LogP contribution in [0, 0.1) is 0 Å². The molecule has 4 aromatic carbocycles. The second kappa shape index (κ2) is 11.8. The van der Waals surface area contributed by atoms with Gasteiger partial charge in [-0.2, -0.15) is 4.57 Å². The molecule has 2 aromatic heterocycles. The van der Waals surface area contributed by atoms with Crippen molar-refractivity contribution in [3.05, 3.63) is 96.7 Å². The number of hydrogen-bond acceptors (Lipinski definition) is 6. The zero-order valence-corrected chi connectivity index (χ0v) is 25.8. The number of aromatic nitrogens is 1. The molecule has 0 atom stereocenters. The van der Waals surface area contributed by atoms with Gasteiger partial charge >= 0.3 is 0 Å². The Morgan fingerprint density at radius 3 is 2.48 bits per heavy atom. The first kappa shape index (κ1) is 28.1. The quantitative estimate of drug-likeness (QED) is 0.180. The maximum atomic E-state index is 6.34. The van der Waals surface area contributed by atoms with Crippen molar-refractivity contribution < 1.29 is 49.7 Å². The van der Waals surface area contributed by atoms with Gasteiger partial charge in [0.05, 0.1) is 31.3 Å². The van der Waals surface area contributed by atoms with E-state index in [2.05, 4.69) is 47.2 Å². The number of para-hydroxylation sites is 1. The first-order chi connectivity index (χ1) is 21.2. The Bertz CT molecular complexity index is 1950. The van der Waals surface area contributed by atoms with E-state index in [0.29, 0.717) is 13.2 Å². The van der Waals surface area contributed by atoms with Crippen molar-refractivity contribution in [2.24, 2.45) is 0 Å². The van der Waals surface area contributed by atoms with E-state index in [-0.39, 0.29) is 23.8 Å². The molecule has 0 spiro atoms. The third-order valence-corrected chi connectivity index (χ3v) is 8.16. The van der Waals surface area contributed by atoms with Crippen molar-refractivity contribution in [1.82, 2.24) is 0 Å². The number of hydrogen-bond donors (Lipinski definition) is 0. The zero-order chi connectivity index (χ0) is 28.8. The number of benzene rings is 4. The molecule has 4 heterocycles. The van der Waals surface area contributed by atoms with E-state index in [1.807, 2.05) is 48.5 Å². The lowest BCUT2D eigenvalue weighted by atomic mass is 9.95. The number of furan rings is 1. The molecule has 0 radical (unpaired) electrons. The molecule has 7 nitrogen and oxygen atoms in total. The van der Waals surface area contributed by atoms with Crippen LogP contribution in [-0.2, 0) is 13.0 Å². The Kier molecular flexibility index (Phi) is 7.52. The van der Waals surface area contributed by atoms with E-state index in [1.54, 1.807) is 7.11 Å². The van der Waals surface area contributed by atoms with Gasteiger partial charge in [-0.3, -0.25) is 0 Å². The summed E-state index contributed by atoms with van der Waals surface area (Å²) < 4.78 is 37.6. The van der Waals surface area contributed by atoms with Crippen LogP contribution in [0.25, 0.3) is 44.3 Å². The van der Waals surface area contributed by atoms with Crippen LogP contribution in [0.1, 0.15) is 12.0 Å². The van der Waals surface area contributed by atoms with Crippen LogP contribution in [0.3, 0.4) is 0 Å². The largest absolute Gasteiger partial charge is 1.00 e. The van der Waals surface area contributed by atoms with Crippen LogP contribution in [0.4, 0.5) is 0 Å². The minimum Gasteiger partial charge on any atom is -1.00 e. The second-order valence-electron chi connectivity index (χ2n) is 10.8. The van der Waals surface area contributed by atoms with Crippen LogP contribution < -0.4 is 45.2 Å². The van der Waals surface area contributed by atoms with E-state index in [4.69, 9.17) is 28.1 Å². The summed E-state index contributed by atoms with van der Waals surface area (Å²) in [5.41, 5.74) is 5.52. The van der Waals surface area contributed by atoms with E-state index < -0.39 is 0 Å². The van der Waals surface area contributed by atoms with Gasteiger partial charge in [0.1, 0.15) is 17.1 Å². The molecule has 44 heavy (non-hydrogen) atoms. The number of halogens is 1. The highest BCUT2D eigenvalue weighted by molar-refractivity contribution is 5.92. The number of nitrogens with zero attached hydrogens (tertiary/aromatic N) is 1. The number of fused-ring (bicyclic) bond motifs is 6. The zero-order valence-electron chi connectivity index (χ0n) is 24.2. The fourth-order valence-electron chi connectivity index (χ4n) is 5.97. The van der Waals surface area contributed by atoms with Gasteiger partial charge in [0, 0.05) is 29.9 Å². The van der Waals surface area contributed by atoms with Crippen LogP contribution in [0.5, 0.6) is 28.7 Å². The van der Waals surface area contributed by atoms with E-state index in [9.17, 15) is 0 Å². The number of ether oxygens (including phenoxy) is 5. The first-order valence-electron chi connectivity index (χ1n) is 14.6. The third kappa shape index (κ3) is 5.09. The van der Waals surface area contributed by atoms with E-state index in [1.165, 1.54) is 11.1 Å². The lowest BCUT2D eigenvalue weighted by molar-refractivity contribution is -0.686. The lowest BCUT2D eigenvalue weighted by Gasteiger charge is -2.18. The highest BCUT2D eigenvalue weighted by Gasteiger charge is 2.28. The van der Waals surface area contributed by atoms with Gasteiger partial charge in [-0.1, -0.05) is 18.2 Å². The predicted octanol–water partition coefficient (Wildman–Crippen LogP) is 4.35. The molecule has 0 N–H and O–H groups in total. The molecule has 222 valence electrons. The molecule has 0 aliphatic carbocycles. The SMILES string of the molecule is COc1ccc2cc3[n+](cc2c1OCCCOc1ccc(-c2cc4ccccc4o2)cc1)CCc1cc2c(cc1-3)OCO2.[Br-]. The minimum absolute atomic E-state index is 0. The van der Waals surface area contributed by atoms with Crippen molar-refractivity contribution in [2.45, 2.75) is 19.4 Å². The summed E-state index contributed by atoms with van der Waals surface area (Å²) >= 11 is 0. The van der Waals surface area contributed by atoms with Crippen molar-refractivity contribution in [1.29, 1.82) is 0 Å². The van der Waals surface area contributed by atoms with Crippen LogP contribution >= 0.6 is 0 Å². The van der Waals surface area contributed by atoms with Gasteiger partial charge in [0.2, 0.25) is 12.5 Å². The smallest absolute Gasteiger partial charge is 0.231 e. The van der Waals surface area contributed by atoms with Crippen molar-refractivity contribution in [3.8, 4) is 51.3 Å². The predicted molar refractivity (Wildman–Crippen MR) is 163 cm³/mol. The Hall–Kier alpha value is -4.69. The minimum atomic E-state index is 0. The van der Waals surface area contributed by atoms with Gasteiger partial charge in [-0.05, 0) is 71.6 Å². The maximum absolute atomic E-state index is 6.34. The summed E-state index contributed by atoms with van der Waals surface area (Å²) in [5.74, 6) is 4.76. The van der Waals surface area contributed by atoms with Gasteiger partial charge < -0.3 is 45.1 Å². The van der Waals surface area contributed by atoms with Gasteiger partial charge in [-0.15, -0.1) is 0 Å². The Balaban J connectivity index is 0.00000312. The highest BCUT2D eigenvalue weighted by Crippen LogP contribution is 2.41. The molecule has 2 aliphatic rings. The molecular formula is C36H30BrNO6. The molecule has 0 bridgehead atoms. The lowest BCUT2D eigenvalue weighted by Crippen LogP contribution is -3.00. The van der Waals surface area contributed by atoms with E-state index in [0.717, 1.165) is 86.9 Å². The number of methoxy groups -OCH3 is 1. The molecule has 8 rings (SSSR count).